The minimum Gasteiger partial charge on any atom is -0.390 e. The predicted octanol–water partition coefficient (Wildman–Crippen LogP) is 4.51. The van der Waals surface area contributed by atoms with Crippen molar-refractivity contribution in [2.75, 3.05) is 0 Å². The number of nitrogens with one attached hydrogen (secondary N) is 1. The number of nitrogens with zero attached hydrogens (tertiary/aromatic N) is 4. The summed E-state index contributed by atoms with van der Waals surface area (Å²) in [6.07, 6.45) is 7.87. The number of rotatable bonds is 8. The summed E-state index contributed by atoms with van der Waals surface area (Å²) >= 11 is 0. The van der Waals surface area contributed by atoms with E-state index in [1.165, 1.54) is 5.56 Å². The van der Waals surface area contributed by atoms with Gasteiger partial charge in [0.2, 0.25) is 0 Å². The Hall–Kier alpha value is -3.13. The maximum absolute atomic E-state index is 9.66. The van der Waals surface area contributed by atoms with E-state index in [0.717, 1.165) is 59.4 Å². The zero-order chi connectivity index (χ0) is 24.4. The molecule has 0 radical (unpaired) electrons. The predicted molar refractivity (Wildman–Crippen MR) is 137 cm³/mol. The number of fused-ring (bicyclic) bond motifs is 2. The highest BCUT2D eigenvalue weighted by Crippen LogP contribution is 2.44. The average molecular weight is 471 g/mol. The third-order valence-electron chi connectivity index (χ3n) is 7.63. The van der Waals surface area contributed by atoms with E-state index in [9.17, 15) is 5.11 Å². The number of imidazole rings is 1. The van der Waals surface area contributed by atoms with Crippen LogP contribution in [0.3, 0.4) is 0 Å². The van der Waals surface area contributed by atoms with Gasteiger partial charge in [-0.1, -0.05) is 25.1 Å². The van der Waals surface area contributed by atoms with Gasteiger partial charge in [-0.3, -0.25) is 14.9 Å². The summed E-state index contributed by atoms with van der Waals surface area (Å²) in [4.78, 5) is 20.4. The molecule has 35 heavy (non-hydrogen) atoms. The quantitative estimate of drug-likeness (QED) is 0.350. The second-order valence-electron chi connectivity index (χ2n) is 9.61. The van der Waals surface area contributed by atoms with Crippen LogP contribution in [-0.4, -0.2) is 29.9 Å². The van der Waals surface area contributed by atoms with Crippen molar-refractivity contribution in [3.63, 3.8) is 0 Å². The van der Waals surface area contributed by atoms with E-state index in [1.54, 1.807) is 0 Å². The van der Waals surface area contributed by atoms with Gasteiger partial charge in [0.05, 0.1) is 41.6 Å². The van der Waals surface area contributed by atoms with Crippen LogP contribution in [0.15, 0.2) is 54.9 Å². The molecule has 0 aliphatic heterocycles. The van der Waals surface area contributed by atoms with Crippen molar-refractivity contribution >= 4 is 11.0 Å². The van der Waals surface area contributed by atoms with E-state index in [0.29, 0.717) is 18.8 Å². The van der Waals surface area contributed by atoms with Crippen LogP contribution >= 0.6 is 0 Å². The Morgan fingerprint density at radius 3 is 2.83 bits per heavy atom. The van der Waals surface area contributed by atoms with E-state index in [4.69, 9.17) is 15.7 Å². The van der Waals surface area contributed by atoms with Gasteiger partial charge in [-0.2, -0.15) is 0 Å². The highest BCUT2D eigenvalue weighted by molar-refractivity contribution is 5.74. The minimum absolute atomic E-state index is 0.0985. The van der Waals surface area contributed by atoms with Crippen molar-refractivity contribution in [1.29, 1.82) is 0 Å². The lowest BCUT2D eigenvalue weighted by molar-refractivity contribution is 0.0254. The molecular formula is C28H34N6O. The van der Waals surface area contributed by atoms with Gasteiger partial charge in [0.1, 0.15) is 5.82 Å². The summed E-state index contributed by atoms with van der Waals surface area (Å²) in [5, 5.41) is 9.66. The fourth-order valence-electron chi connectivity index (χ4n) is 5.59. The number of para-hydroxylation sites is 2. The summed E-state index contributed by atoms with van der Waals surface area (Å²) in [7, 11) is 0. The van der Waals surface area contributed by atoms with Crippen LogP contribution in [0.25, 0.3) is 11.0 Å². The molecule has 1 aliphatic carbocycles. The fourth-order valence-corrected chi connectivity index (χ4v) is 5.59. The fraction of sp³-hybridized carbons (Fsp3) is 0.393. The van der Waals surface area contributed by atoms with Crippen molar-refractivity contribution in [2.24, 2.45) is 5.73 Å². The first kappa shape index (κ1) is 23.6. The lowest BCUT2D eigenvalue weighted by Crippen LogP contribution is -2.47. The Balaban J connectivity index is 1.65. The van der Waals surface area contributed by atoms with Gasteiger partial charge in [0.15, 0.2) is 0 Å². The van der Waals surface area contributed by atoms with E-state index in [1.807, 2.05) is 42.7 Å². The van der Waals surface area contributed by atoms with Gasteiger partial charge in [-0.25, -0.2) is 4.98 Å². The van der Waals surface area contributed by atoms with Gasteiger partial charge in [0.25, 0.3) is 0 Å². The number of hydrogen-bond acceptors (Lipinski definition) is 6. The Bertz CT molecular complexity index is 1280. The van der Waals surface area contributed by atoms with E-state index in [-0.39, 0.29) is 18.2 Å². The molecule has 4 N–H and O–H groups in total. The van der Waals surface area contributed by atoms with Crippen LogP contribution in [0.1, 0.15) is 73.1 Å². The molecule has 5 rings (SSSR count). The van der Waals surface area contributed by atoms with Crippen molar-refractivity contribution in [3.8, 4) is 0 Å². The molecule has 1 aromatic carbocycles. The first-order valence-corrected chi connectivity index (χ1v) is 12.5. The molecule has 0 fully saturated rings. The molecule has 7 nitrogen and oxygen atoms in total. The van der Waals surface area contributed by atoms with Crippen LogP contribution in [0, 0.1) is 0 Å². The number of aliphatic hydroxyl groups is 1. The number of aromatic nitrogens is 4. The van der Waals surface area contributed by atoms with Gasteiger partial charge >= 0.3 is 0 Å². The van der Waals surface area contributed by atoms with E-state index in [2.05, 4.69) is 40.8 Å². The number of nitrogens with two attached hydrogens (primary N) is 1. The summed E-state index contributed by atoms with van der Waals surface area (Å²) in [5.74, 6) is 0.933. The summed E-state index contributed by atoms with van der Waals surface area (Å²) in [5.41, 5.74) is 13.1. The highest BCUT2D eigenvalue weighted by Gasteiger charge is 2.41. The average Bonchev–Trinajstić information content (AvgIpc) is 3.33. The number of benzene rings is 1. The number of aliphatic hydroxyl groups excluding tert-OH is 1. The lowest BCUT2D eigenvalue weighted by Gasteiger charge is -2.47. The molecule has 0 amide bonds. The molecule has 0 saturated heterocycles. The molecule has 7 heteroatoms. The second-order valence-corrected chi connectivity index (χ2v) is 9.61. The zero-order valence-electron chi connectivity index (χ0n) is 20.5. The molecule has 1 aliphatic rings. The van der Waals surface area contributed by atoms with Crippen LogP contribution in [0.4, 0.5) is 0 Å². The van der Waals surface area contributed by atoms with Crippen LogP contribution in [0.2, 0.25) is 0 Å². The summed E-state index contributed by atoms with van der Waals surface area (Å²) in [6, 6.07) is 14.5. The highest BCUT2D eigenvalue weighted by atomic mass is 16.3. The first-order chi connectivity index (χ1) is 17.1. The van der Waals surface area contributed by atoms with Gasteiger partial charge in [0, 0.05) is 24.5 Å². The SMILES string of the molecule is CCC(C)(c1cnc(CO)cc1CN)N(Cc1nc2ccccc2[nH]1)C1CCCc2cccnc21. The van der Waals surface area contributed by atoms with E-state index >= 15 is 0 Å². The van der Waals surface area contributed by atoms with Gasteiger partial charge < -0.3 is 15.8 Å². The Kier molecular flexibility index (Phi) is 6.65. The number of hydrogen-bond donors (Lipinski definition) is 3. The summed E-state index contributed by atoms with van der Waals surface area (Å²) in [6.45, 7) is 5.43. The lowest BCUT2D eigenvalue weighted by atomic mass is 9.81. The molecule has 2 unspecified atom stereocenters. The third-order valence-corrected chi connectivity index (χ3v) is 7.63. The van der Waals surface area contributed by atoms with Crippen molar-refractivity contribution in [1.82, 2.24) is 24.8 Å². The third kappa shape index (κ3) is 4.35. The van der Waals surface area contributed by atoms with Crippen LogP contribution in [0.5, 0.6) is 0 Å². The van der Waals surface area contributed by atoms with Crippen molar-refractivity contribution < 1.29 is 5.11 Å². The molecule has 2 atom stereocenters. The molecule has 3 heterocycles. The normalized spacial score (nSPS) is 17.5. The maximum Gasteiger partial charge on any atom is 0.121 e. The molecule has 182 valence electrons. The molecule has 3 aromatic heterocycles. The number of H-pyrrole nitrogens is 1. The molecule has 0 spiro atoms. The topological polar surface area (TPSA) is 104 Å². The Morgan fingerprint density at radius 1 is 1.20 bits per heavy atom. The van der Waals surface area contributed by atoms with Gasteiger partial charge in [-0.15, -0.1) is 0 Å². The monoisotopic (exact) mass is 470 g/mol. The molecular weight excluding hydrogens is 436 g/mol. The number of aryl methyl sites for hydroxylation is 1. The number of pyridine rings is 2. The second kappa shape index (κ2) is 9.85. The Labute approximate surface area is 206 Å². The van der Waals surface area contributed by atoms with Crippen LogP contribution in [-0.2, 0) is 31.7 Å². The number of aromatic amines is 1. The molecule has 4 aromatic rings. The smallest absolute Gasteiger partial charge is 0.121 e. The maximum atomic E-state index is 9.66. The molecule has 0 bridgehead atoms. The van der Waals surface area contributed by atoms with Crippen LogP contribution < -0.4 is 5.73 Å². The van der Waals surface area contributed by atoms with Gasteiger partial charge in [-0.05, 0) is 73.6 Å². The van der Waals surface area contributed by atoms with Crippen molar-refractivity contribution in [3.05, 3.63) is 88.8 Å². The summed E-state index contributed by atoms with van der Waals surface area (Å²) < 4.78 is 0. The van der Waals surface area contributed by atoms with Crippen molar-refractivity contribution in [2.45, 2.75) is 70.8 Å². The minimum atomic E-state index is -0.370. The molecule has 0 saturated carbocycles. The first-order valence-electron chi connectivity index (χ1n) is 12.5. The Morgan fingerprint density at radius 2 is 2.06 bits per heavy atom. The standard InChI is InChI=1S/C28H34N6O/c1-3-28(2,22-16-31-21(18-35)14-20(22)15-29)34(17-26-32-23-10-4-5-11-24(23)33-26)25-12-6-8-19-9-7-13-30-27(19)25/h4-5,7,9-11,13-14,16,25,35H,3,6,8,12,15,17-18,29H2,1-2H3,(H,32,33). The van der Waals surface area contributed by atoms with E-state index < -0.39 is 0 Å². The largest absolute Gasteiger partial charge is 0.390 e. The zero-order valence-corrected chi connectivity index (χ0v) is 20.5.